The Balaban J connectivity index is 2.13. The largest absolute Gasteiger partial charge is 0.419 e. The molecule has 2 rings (SSSR count). The minimum atomic E-state index is -4.37. The molecule has 2 unspecified atom stereocenters. The molecule has 0 radical (unpaired) electrons. The van der Waals surface area contributed by atoms with Crippen molar-refractivity contribution in [3.05, 3.63) is 18.0 Å². The zero-order valence-corrected chi connectivity index (χ0v) is 10.5. The van der Waals surface area contributed by atoms with Crippen molar-refractivity contribution in [2.75, 3.05) is 6.54 Å². The number of alkyl halides is 3. The second-order valence-electron chi connectivity index (χ2n) is 4.83. The summed E-state index contributed by atoms with van der Waals surface area (Å²) in [5.41, 5.74) is -1.38. The van der Waals surface area contributed by atoms with Gasteiger partial charge in [-0.15, -0.1) is 0 Å². The quantitative estimate of drug-likeness (QED) is 0.919. The Kier molecular flexibility index (Phi) is 3.54. The lowest BCUT2D eigenvalue weighted by atomic mass is 9.99. The normalized spacial score (nSPS) is 27.4. The van der Waals surface area contributed by atoms with E-state index in [0.29, 0.717) is 25.8 Å². The monoisotopic (exact) mass is 272 g/mol. The third-order valence-electron chi connectivity index (χ3n) is 3.52. The first-order valence-corrected chi connectivity index (χ1v) is 6.18. The highest BCUT2D eigenvalue weighted by atomic mass is 19.4. The van der Waals surface area contributed by atoms with Gasteiger partial charge in [-0.05, 0) is 19.4 Å². The molecule has 4 nitrogen and oxygen atoms in total. The Morgan fingerprint density at radius 3 is 2.89 bits per heavy atom. The number of hydrogen-bond acceptors (Lipinski definition) is 3. The first-order valence-electron chi connectivity index (χ1n) is 6.18. The maximum Gasteiger partial charge on any atom is 0.419 e. The molecule has 1 aromatic heterocycles. The fourth-order valence-electron chi connectivity index (χ4n) is 2.57. The van der Waals surface area contributed by atoms with E-state index < -0.39 is 17.3 Å². The molecule has 7 heteroatoms. The van der Waals surface area contributed by atoms with Crippen molar-refractivity contribution in [1.82, 2.24) is 15.1 Å². The van der Waals surface area contributed by atoms with Crippen LogP contribution in [-0.2, 0) is 6.18 Å². The molecule has 1 fully saturated rings. The van der Waals surface area contributed by atoms with Crippen LogP contribution in [0.25, 0.3) is 0 Å². The Labute approximate surface area is 109 Å². The Morgan fingerprint density at radius 2 is 2.37 bits per heavy atom. The van der Waals surface area contributed by atoms with Crippen molar-refractivity contribution in [2.45, 2.75) is 43.9 Å². The number of nitriles is 1. The molecule has 1 aliphatic carbocycles. The molecule has 1 heterocycles. The van der Waals surface area contributed by atoms with Crippen molar-refractivity contribution < 1.29 is 13.2 Å². The molecule has 1 aliphatic rings. The Hall–Kier alpha value is -1.55. The summed E-state index contributed by atoms with van der Waals surface area (Å²) < 4.78 is 38.9. The van der Waals surface area contributed by atoms with Crippen molar-refractivity contribution in [2.24, 2.45) is 0 Å². The third-order valence-corrected chi connectivity index (χ3v) is 3.52. The van der Waals surface area contributed by atoms with Gasteiger partial charge in [-0.2, -0.15) is 23.5 Å². The van der Waals surface area contributed by atoms with Crippen LogP contribution in [0.1, 0.15) is 37.8 Å². The predicted molar refractivity (Wildman–Crippen MR) is 62.1 cm³/mol. The number of hydrogen-bond donors (Lipinski definition) is 1. The van der Waals surface area contributed by atoms with E-state index in [0.717, 1.165) is 12.4 Å². The van der Waals surface area contributed by atoms with Gasteiger partial charge in [0.05, 0.1) is 23.9 Å². The van der Waals surface area contributed by atoms with Gasteiger partial charge in [0.25, 0.3) is 0 Å². The van der Waals surface area contributed by atoms with Gasteiger partial charge in [0.1, 0.15) is 5.54 Å². The van der Waals surface area contributed by atoms with Gasteiger partial charge in [0.2, 0.25) is 0 Å². The molecule has 0 spiro atoms. The predicted octanol–water partition coefficient (Wildman–Crippen LogP) is 2.50. The molecule has 104 valence electrons. The zero-order valence-electron chi connectivity index (χ0n) is 10.5. The van der Waals surface area contributed by atoms with E-state index in [9.17, 15) is 18.4 Å². The van der Waals surface area contributed by atoms with Crippen molar-refractivity contribution >= 4 is 0 Å². The first kappa shape index (κ1) is 13.9. The maximum atomic E-state index is 12.5. The van der Waals surface area contributed by atoms with Gasteiger partial charge in [-0.1, -0.05) is 6.92 Å². The first-order chi connectivity index (χ1) is 8.90. The van der Waals surface area contributed by atoms with Crippen LogP contribution >= 0.6 is 0 Å². The lowest BCUT2D eigenvalue weighted by Gasteiger charge is -2.21. The number of nitrogens with zero attached hydrogens (tertiary/aromatic N) is 3. The number of aromatic nitrogens is 2. The van der Waals surface area contributed by atoms with Gasteiger partial charge in [0.15, 0.2) is 0 Å². The van der Waals surface area contributed by atoms with Crippen LogP contribution in [0.2, 0.25) is 0 Å². The molecule has 19 heavy (non-hydrogen) atoms. The molecule has 0 aromatic carbocycles. The van der Waals surface area contributed by atoms with Crippen LogP contribution in [0.3, 0.4) is 0 Å². The fourth-order valence-corrected chi connectivity index (χ4v) is 2.57. The summed E-state index contributed by atoms with van der Waals surface area (Å²) in [6.45, 7) is 2.56. The van der Waals surface area contributed by atoms with Gasteiger partial charge < -0.3 is 0 Å². The van der Waals surface area contributed by atoms with E-state index in [-0.39, 0.29) is 6.04 Å². The average molecular weight is 272 g/mol. The molecule has 0 saturated heterocycles. The molecule has 0 amide bonds. The number of rotatable bonds is 3. The Morgan fingerprint density at radius 1 is 1.63 bits per heavy atom. The smallest absolute Gasteiger partial charge is 0.300 e. The van der Waals surface area contributed by atoms with Crippen LogP contribution in [0.4, 0.5) is 13.2 Å². The standard InChI is InChI=1S/C12H15F3N4/c1-2-17-11(8-16)4-3-10(5-11)19-7-9(6-18-19)12(13,14)15/h6-7,10,17H,2-5H2,1H3. The van der Waals surface area contributed by atoms with E-state index in [1.54, 1.807) is 0 Å². The van der Waals surface area contributed by atoms with Crippen molar-refractivity contribution in [3.63, 3.8) is 0 Å². The van der Waals surface area contributed by atoms with E-state index in [1.807, 2.05) is 6.92 Å². The summed E-state index contributed by atoms with van der Waals surface area (Å²) in [6, 6.07) is 2.08. The molecular formula is C12H15F3N4. The van der Waals surface area contributed by atoms with E-state index in [1.165, 1.54) is 4.68 Å². The highest BCUT2D eigenvalue weighted by Gasteiger charge is 2.41. The molecule has 0 aliphatic heterocycles. The van der Waals surface area contributed by atoms with Crippen molar-refractivity contribution in [3.8, 4) is 6.07 Å². The molecule has 2 atom stereocenters. The van der Waals surface area contributed by atoms with Crippen LogP contribution in [0, 0.1) is 11.3 Å². The number of nitrogens with one attached hydrogen (secondary N) is 1. The summed E-state index contributed by atoms with van der Waals surface area (Å²) >= 11 is 0. The van der Waals surface area contributed by atoms with E-state index in [4.69, 9.17) is 0 Å². The molecule has 1 saturated carbocycles. The maximum absolute atomic E-state index is 12.5. The zero-order chi connectivity index (χ0) is 14.1. The SMILES string of the molecule is CCNC1(C#N)CCC(n2cc(C(F)(F)F)cn2)C1. The van der Waals surface area contributed by atoms with Gasteiger partial charge >= 0.3 is 6.18 Å². The molecule has 1 N–H and O–H groups in total. The van der Waals surface area contributed by atoms with Gasteiger partial charge in [-0.3, -0.25) is 10.00 Å². The summed E-state index contributed by atoms with van der Waals surface area (Å²) in [7, 11) is 0. The fraction of sp³-hybridized carbons (Fsp3) is 0.667. The minimum absolute atomic E-state index is 0.158. The van der Waals surface area contributed by atoms with E-state index in [2.05, 4.69) is 16.5 Å². The third kappa shape index (κ3) is 2.73. The summed E-state index contributed by atoms with van der Waals surface area (Å²) in [6.07, 6.45) is -0.756. The Bertz CT molecular complexity index is 488. The average Bonchev–Trinajstić information content (AvgIpc) is 2.94. The van der Waals surface area contributed by atoms with Gasteiger partial charge in [-0.25, -0.2) is 0 Å². The van der Waals surface area contributed by atoms with Crippen molar-refractivity contribution in [1.29, 1.82) is 5.26 Å². The second-order valence-corrected chi connectivity index (χ2v) is 4.83. The van der Waals surface area contributed by atoms with Crippen LogP contribution in [-0.4, -0.2) is 21.9 Å². The van der Waals surface area contributed by atoms with Gasteiger partial charge in [0, 0.05) is 12.6 Å². The topological polar surface area (TPSA) is 53.6 Å². The molecule has 1 aromatic rings. The highest BCUT2D eigenvalue weighted by molar-refractivity contribution is 5.14. The van der Waals surface area contributed by atoms with E-state index >= 15 is 0 Å². The number of halogens is 3. The summed E-state index contributed by atoms with van der Waals surface area (Å²) in [5, 5.41) is 16.1. The minimum Gasteiger partial charge on any atom is -0.300 e. The molecule has 0 bridgehead atoms. The summed E-state index contributed by atoms with van der Waals surface area (Å²) in [4.78, 5) is 0. The lowest BCUT2D eigenvalue weighted by molar-refractivity contribution is -0.137. The lowest BCUT2D eigenvalue weighted by Crippen LogP contribution is -2.41. The van der Waals surface area contributed by atoms with Crippen LogP contribution < -0.4 is 5.32 Å². The summed E-state index contributed by atoms with van der Waals surface area (Å²) in [5.74, 6) is 0. The van der Waals surface area contributed by atoms with Crippen LogP contribution in [0.15, 0.2) is 12.4 Å². The highest BCUT2D eigenvalue weighted by Crippen LogP contribution is 2.38. The molecular weight excluding hydrogens is 257 g/mol. The van der Waals surface area contributed by atoms with Crippen LogP contribution in [0.5, 0.6) is 0 Å². The second kappa shape index (κ2) is 4.85.